The summed E-state index contributed by atoms with van der Waals surface area (Å²) in [5, 5.41) is 0. The third kappa shape index (κ3) is 1.68. The maximum absolute atomic E-state index is 7.11. The summed E-state index contributed by atoms with van der Waals surface area (Å²) in [7, 11) is 0. The molecule has 0 amide bonds. The van der Waals surface area contributed by atoms with E-state index in [0.717, 1.165) is 17.9 Å². The lowest BCUT2D eigenvalue weighted by atomic mass is 9.98. The van der Waals surface area contributed by atoms with Crippen LogP contribution in [0.3, 0.4) is 0 Å². The Morgan fingerprint density at radius 3 is 2.18 bits per heavy atom. The van der Waals surface area contributed by atoms with E-state index in [2.05, 4.69) is 25.7 Å². The van der Waals surface area contributed by atoms with Gasteiger partial charge in [0.1, 0.15) is 0 Å². The Balaban J connectivity index is 2.35. The minimum atomic E-state index is 0.229. The maximum atomic E-state index is 7.11. The van der Waals surface area contributed by atoms with Gasteiger partial charge in [0, 0.05) is 5.54 Å². The van der Waals surface area contributed by atoms with Crippen LogP contribution in [0.5, 0.6) is 0 Å². The number of nitrogens with one attached hydrogen (secondary N) is 1. The summed E-state index contributed by atoms with van der Waals surface area (Å²) in [6, 6.07) is 0.231. The molecule has 0 aliphatic carbocycles. The molecule has 0 aromatic heterocycles. The lowest BCUT2D eigenvalue weighted by molar-refractivity contribution is -0.671. The lowest BCUT2D eigenvalue weighted by Gasteiger charge is -2.43. The molecule has 0 saturated carbocycles. The molecule has 0 aromatic rings. The van der Waals surface area contributed by atoms with Crippen LogP contribution in [0, 0.1) is 5.53 Å². The second kappa shape index (κ2) is 2.44. The maximum Gasteiger partial charge on any atom is 0.233 e. The summed E-state index contributed by atoms with van der Waals surface area (Å²) in [6.07, 6.45) is 0. The Morgan fingerprint density at radius 1 is 1.45 bits per heavy atom. The molecule has 0 atom stereocenters. The van der Waals surface area contributed by atoms with Gasteiger partial charge in [0.2, 0.25) is 6.04 Å². The van der Waals surface area contributed by atoms with Gasteiger partial charge in [-0.1, -0.05) is 0 Å². The molecular weight excluding hydrogens is 140 g/mol. The first-order chi connectivity index (χ1) is 4.91. The normalized spacial score (nSPS) is 21.4. The highest BCUT2D eigenvalue weighted by Gasteiger charge is 2.41. The second-order valence-corrected chi connectivity index (χ2v) is 4.14. The first-order valence-electron chi connectivity index (χ1n) is 3.91. The number of hydrogen-bond acceptors (Lipinski definition) is 2. The van der Waals surface area contributed by atoms with Crippen molar-refractivity contribution in [3.8, 4) is 0 Å². The predicted molar refractivity (Wildman–Crippen MR) is 42.3 cm³/mol. The van der Waals surface area contributed by atoms with Crippen LogP contribution in [0.4, 0.5) is 0 Å². The highest BCUT2D eigenvalue weighted by atomic mass is 15.5. The fourth-order valence-corrected chi connectivity index (χ4v) is 1.18. The minimum absolute atomic E-state index is 0.229. The molecule has 64 valence electrons. The van der Waals surface area contributed by atoms with Crippen LogP contribution in [0.15, 0.2) is 0 Å². The van der Waals surface area contributed by atoms with Crippen LogP contribution in [0.1, 0.15) is 20.8 Å². The number of nitrogens with two attached hydrogens (primary N) is 1. The van der Waals surface area contributed by atoms with Crippen molar-refractivity contribution in [3.05, 3.63) is 0 Å². The van der Waals surface area contributed by atoms with Crippen LogP contribution < -0.4 is 5.84 Å². The van der Waals surface area contributed by atoms with Gasteiger partial charge in [-0.25, -0.2) is 0 Å². The molecule has 1 heterocycles. The third-order valence-electron chi connectivity index (χ3n) is 2.20. The Morgan fingerprint density at radius 2 is 1.91 bits per heavy atom. The van der Waals surface area contributed by atoms with Gasteiger partial charge >= 0.3 is 0 Å². The fraction of sp³-hybridized carbons (Fsp3) is 1.00. The topological polar surface area (TPSA) is 56.1 Å². The zero-order valence-corrected chi connectivity index (χ0v) is 7.46. The monoisotopic (exact) mass is 157 g/mol. The van der Waals surface area contributed by atoms with Crippen molar-refractivity contribution in [2.24, 2.45) is 5.84 Å². The molecule has 11 heavy (non-hydrogen) atoms. The predicted octanol–water partition coefficient (Wildman–Crippen LogP) is 0.386. The Hall–Kier alpha value is -0.640. The average Bonchev–Trinajstić information content (AvgIpc) is 1.51. The van der Waals surface area contributed by atoms with Crippen LogP contribution in [0.25, 0.3) is 0 Å². The fourth-order valence-electron chi connectivity index (χ4n) is 1.18. The van der Waals surface area contributed by atoms with Gasteiger partial charge in [-0.3, -0.25) is 4.90 Å². The Kier molecular flexibility index (Phi) is 1.88. The Bertz CT molecular complexity index is 164. The van der Waals surface area contributed by atoms with E-state index in [1.54, 1.807) is 0 Å². The van der Waals surface area contributed by atoms with E-state index in [1.807, 2.05) is 0 Å². The van der Waals surface area contributed by atoms with Crippen LogP contribution in [0.2, 0.25) is 0 Å². The zero-order valence-electron chi connectivity index (χ0n) is 7.46. The van der Waals surface area contributed by atoms with E-state index in [0.29, 0.717) is 0 Å². The molecule has 4 heteroatoms. The molecule has 4 nitrogen and oxygen atoms in total. The molecule has 1 saturated heterocycles. The summed E-state index contributed by atoms with van der Waals surface area (Å²) < 4.78 is 0. The summed E-state index contributed by atoms with van der Waals surface area (Å²) in [4.78, 5) is 3.37. The van der Waals surface area contributed by atoms with Gasteiger partial charge in [-0.05, 0) is 31.1 Å². The molecular formula is C7H17N4+. The zero-order chi connectivity index (χ0) is 8.65. The molecule has 1 aliphatic heterocycles. The van der Waals surface area contributed by atoms with Gasteiger partial charge in [0.25, 0.3) is 0 Å². The first kappa shape index (κ1) is 8.46. The van der Waals surface area contributed by atoms with E-state index in [-0.39, 0.29) is 11.6 Å². The van der Waals surface area contributed by atoms with Gasteiger partial charge in [0.05, 0.1) is 13.1 Å². The van der Waals surface area contributed by atoms with Gasteiger partial charge in [-0.15, -0.1) is 0 Å². The largest absolute Gasteiger partial charge is 0.285 e. The van der Waals surface area contributed by atoms with Gasteiger partial charge in [-0.2, -0.15) is 5.84 Å². The first-order valence-corrected chi connectivity index (χ1v) is 3.91. The average molecular weight is 157 g/mol. The molecule has 1 aliphatic rings. The summed E-state index contributed by atoms with van der Waals surface area (Å²) >= 11 is 0. The molecule has 0 bridgehead atoms. The highest BCUT2D eigenvalue weighted by Crippen LogP contribution is 2.21. The number of likely N-dealkylation sites (tertiary alicyclic amines) is 1. The minimum Gasteiger partial charge on any atom is -0.285 e. The Labute approximate surface area is 67.4 Å². The molecule has 0 radical (unpaired) electrons. The quantitative estimate of drug-likeness (QED) is 0.250. The second-order valence-electron chi connectivity index (χ2n) is 4.14. The van der Waals surface area contributed by atoms with E-state index in [4.69, 9.17) is 11.4 Å². The standard InChI is InChI=1S/C7H17N4/c1-7(2,3)10-4-6(5-10)11(8)9/h6H,4-5H2,1-3H3,(H3,8,9)/q+1. The molecule has 3 N–H and O–H groups in total. The van der Waals surface area contributed by atoms with E-state index in [1.165, 1.54) is 0 Å². The molecule has 0 spiro atoms. The van der Waals surface area contributed by atoms with Gasteiger partial charge in [0.15, 0.2) is 0 Å². The SMILES string of the molecule is CC(C)(C)N1CC([N+](=N)N)C1. The lowest BCUT2D eigenvalue weighted by Crippen LogP contribution is -2.63. The van der Waals surface area contributed by atoms with Crippen molar-refractivity contribution in [2.45, 2.75) is 32.4 Å². The van der Waals surface area contributed by atoms with E-state index < -0.39 is 0 Å². The third-order valence-corrected chi connectivity index (χ3v) is 2.20. The van der Waals surface area contributed by atoms with Crippen molar-refractivity contribution >= 4 is 0 Å². The van der Waals surface area contributed by atoms with Crippen LogP contribution in [-0.4, -0.2) is 34.4 Å². The smallest absolute Gasteiger partial charge is 0.233 e. The van der Waals surface area contributed by atoms with Crippen molar-refractivity contribution in [1.82, 2.24) is 4.90 Å². The summed E-state index contributed by atoms with van der Waals surface area (Å²) in [5.41, 5.74) is 7.34. The number of rotatable bonds is 1. The molecule has 0 unspecified atom stereocenters. The van der Waals surface area contributed by atoms with Crippen molar-refractivity contribution < 1.29 is 4.81 Å². The van der Waals surface area contributed by atoms with Crippen LogP contribution in [-0.2, 0) is 0 Å². The number of hydrogen-bond donors (Lipinski definition) is 2. The number of hydrazine groups is 1. The summed E-state index contributed by atoms with van der Waals surface area (Å²) in [5.74, 6) is 5.28. The number of nitrogens with zero attached hydrogens (tertiary/aromatic N) is 2. The van der Waals surface area contributed by atoms with Crippen LogP contribution >= 0.6 is 0 Å². The van der Waals surface area contributed by atoms with E-state index >= 15 is 0 Å². The van der Waals surface area contributed by atoms with Crippen molar-refractivity contribution in [2.75, 3.05) is 13.1 Å². The summed E-state index contributed by atoms with van der Waals surface area (Å²) in [6.45, 7) is 8.36. The molecule has 0 aromatic carbocycles. The van der Waals surface area contributed by atoms with Gasteiger partial charge < -0.3 is 0 Å². The molecule has 1 rings (SSSR count). The molecule has 1 fully saturated rings. The van der Waals surface area contributed by atoms with Crippen molar-refractivity contribution in [3.63, 3.8) is 0 Å². The van der Waals surface area contributed by atoms with E-state index in [9.17, 15) is 0 Å². The van der Waals surface area contributed by atoms with Crippen molar-refractivity contribution in [1.29, 1.82) is 5.53 Å². The highest BCUT2D eigenvalue weighted by molar-refractivity contribution is 4.88.